The third-order valence-corrected chi connectivity index (χ3v) is 8.38. The molecule has 0 atom stereocenters. The molecule has 0 N–H and O–H groups in total. The van der Waals surface area contributed by atoms with Gasteiger partial charge in [0.15, 0.2) is 0 Å². The fraction of sp³-hybridized carbons (Fsp3) is 0.0909. The Balaban J connectivity index is 2.13. The van der Waals surface area contributed by atoms with Crippen molar-refractivity contribution in [3.8, 4) is 0 Å². The normalized spacial score (nSPS) is 12.4. The first-order chi connectivity index (χ1) is 14.1. The van der Waals surface area contributed by atoms with Crippen molar-refractivity contribution in [2.24, 2.45) is 0 Å². The molecule has 8 heteroatoms. The molecule has 0 aliphatic rings. The molecule has 0 unspecified atom stereocenters. The van der Waals surface area contributed by atoms with Gasteiger partial charge in [-0.1, -0.05) is 54.6 Å². The van der Waals surface area contributed by atoms with Gasteiger partial charge in [0.05, 0.1) is 9.79 Å². The predicted molar refractivity (Wildman–Crippen MR) is 121 cm³/mol. The Labute approximate surface area is 179 Å². The molecular formula is C22H18ClNO4S2. The molecule has 0 aliphatic carbocycles. The van der Waals surface area contributed by atoms with E-state index >= 15 is 0 Å². The number of benzene rings is 4. The van der Waals surface area contributed by atoms with Crippen LogP contribution in [-0.2, 0) is 18.9 Å². The molecule has 0 heterocycles. The maximum atomic E-state index is 13.6. The van der Waals surface area contributed by atoms with Gasteiger partial charge < -0.3 is 4.90 Å². The molecule has 5 nitrogen and oxygen atoms in total. The Bertz CT molecular complexity index is 1510. The number of fused-ring (bicyclic) bond motifs is 2. The SMILES string of the molecule is CN(C)c1cccc2c(S(=O)(=O)Cl)c(S(=O)(=O)c3cccc4ccccc34)ccc12. The number of halogens is 1. The van der Waals surface area contributed by atoms with Crippen molar-refractivity contribution in [1.29, 1.82) is 0 Å². The van der Waals surface area contributed by atoms with Crippen LogP contribution in [0.15, 0.2) is 87.5 Å². The topological polar surface area (TPSA) is 71.5 Å². The van der Waals surface area contributed by atoms with Crippen LogP contribution in [0.5, 0.6) is 0 Å². The van der Waals surface area contributed by atoms with Crippen LogP contribution >= 0.6 is 10.7 Å². The van der Waals surface area contributed by atoms with Gasteiger partial charge in [-0.2, -0.15) is 0 Å². The van der Waals surface area contributed by atoms with Gasteiger partial charge in [0, 0.05) is 46.6 Å². The number of anilines is 1. The van der Waals surface area contributed by atoms with Crippen molar-refractivity contribution in [3.63, 3.8) is 0 Å². The summed E-state index contributed by atoms with van der Waals surface area (Å²) in [6.45, 7) is 0. The zero-order chi connectivity index (χ0) is 21.7. The number of nitrogens with zero attached hydrogens (tertiary/aromatic N) is 1. The molecule has 0 amide bonds. The summed E-state index contributed by atoms with van der Waals surface area (Å²) in [7, 11) is 0.875. The van der Waals surface area contributed by atoms with Gasteiger partial charge >= 0.3 is 0 Å². The average Bonchev–Trinajstić information content (AvgIpc) is 2.71. The Morgan fingerprint density at radius 3 is 2.00 bits per heavy atom. The van der Waals surface area contributed by atoms with Gasteiger partial charge in [0.25, 0.3) is 9.05 Å². The van der Waals surface area contributed by atoms with Crippen LogP contribution in [0.1, 0.15) is 0 Å². The molecule has 0 fully saturated rings. The Kier molecular flexibility index (Phi) is 5.00. The summed E-state index contributed by atoms with van der Waals surface area (Å²) in [6.07, 6.45) is 0. The highest BCUT2D eigenvalue weighted by Gasteiger charge is 2.30. The summed E-state index contributed by atoms with van der Waals surface area (Å²) in [5.41, 5.74) is 0.753. The molecule has 4 aromatic rings. The van der Waals surface area contributed by atoms with Crippen LogP contribution in [0.25, 0.3) is 21.5 Å². The highest BCUT2D eigenvalue weighted by atomic mass is 35.7. The molecule has 154 valence electrons. The van der Waals surface area contributed by atoms with E-state index in [0.717, 1.165) is 11.1 Å². The predicted octanol–water partition coefficient (Wildman–Crippen LogP) is 4.82. The van der Waals surface area contributed by atoms with E-state index in [1.165, 1.54) is 12.1 Å². The van der Waals surface area contributed by atoms with Crippen LogP contribution in [0, 0.1) is 0 Å². The minimum atomic E-state index is -4.37. The lowest BCUT2D eigenvalue weighted by Crippen LogP contribution is -2.11. The molecule has 4 aromatic carbocycles. The van der Waals surface area contributed by atoms with Crippen LogP contribution in [0.3, 0.4) is 0 Å². The first-order valence-corrected chi connectivity index (χ1v) is 12.8. The van der Waals surface area contributed by atoms with Crippen LogP contribution < -0.4 is 4.90 Å². The van der Waals surface area contributed by atoms with Gasteiger partial charge in [-0.15, -0.1) is 0 Å². The molecule has 0 bridgehead atoms. The van der Waals surface area contributed by atoms with Crippen molar-refractivity contribution < 1.29 is 16.8 Å². The summed E-state index contributed by atoms with van der Waals surface area (Å²) in [5, 5.41) is 2.11. The van der Waals surface area contributed by atoms with Crippen LogP contribution in [0.4, 0.5) is 5.69 Å². The van der Waals surface area contributed by atoms with Crippen molar-refractivity contribution >= 4 is 56.8 Å². The number of rotatable bonds is 4. The molecule has 4 rings (SSSR count). The van der Waals surface area contributed by atoms with Crippen molar-refractivity contribution in [2.75, 3.05) is 19.0 Å². The number of sulfone groups is 1. The van der Waals surface area contributed by atoms with Crippen LogP contribution in [0.2, 0.25) is 0 Å². The monoisotopic (exact) mass is 459 g/mol. The zero-order valence-corrected chi connectivity index (χ0v) is 18.6. The smallest absolute Gasteiger partial charge is 0.263 e. The fourth-order valence-electron chi connectivity index (χ4n) is 3.70. The Morgan fingerprint density at radius 2 is 1.30 bits per heavy atom. The van der Waals surface area contributed by atoms with E-state index < -0.39 is 23.8 Å². The van der Waals surface area contributed by atoms with E-state index in [0.29, 0.717) is 10.8 Å². The van der Waals surface area contributed by atoms with Crippen molar-refractivity contribution in [3.05, 3.63) is 72.8 Å². The molecular weight excluding hydrogens is 442 g/mol. The summed E-state index contributed by atoms with van der Waals surface area (Å²) >= 11 is 0. The molecule has 0 saturated carbocycles. The highest BCUT2D eigenvalue weighted by Crippen LogP contribution is 2.39. The summed E-state index contributed by atoms with van der Waals surface area (Å²) in [5.74, 6) is 0. The lowest BCUT2D eigenvalue weighted by molar-refractivity contribution is 0.589. The van der Waals surface area contributed by atoms with Gasteiger partial charge in [-0.05, 0) is 23.6 Å². The van der Waals surface area contributed by atoms with E-state index in [1.54, 1.807) is 48.5 Å². The molecule has 0 saturated heterocycles. The lowest BCUT2D eigenvalue weighted by Gasteiger charge is -2.18. The largest absolute Gasteiger partial charge is 0.377 e. The second kappa shape index (κ2) is 7.27. The van der Waals surface area contributed by atoms with Gasteiger partial charge in [-0.3, -0.25) is 0 Å². The minimum Gasteiger partial charge on any atom is -0.377 e. The summed E-state index contributed by atoms with van der Waals surface area (Å²) < 4.78 is 52.4. The third kappa shape index (κ3) is 3.33. The Hall–Kier alpha value is -2.61. The first-order valence-electron chi connectivity index (χ1n) is 9.03. The van der Waals surface area contributed by atoms with Gasteiger partial charge in [-0.25, -0.2) is 16.8 Å². The number of hydrogen-bond acceptors (Lipinski definition) is 5. The maximum Gasteiger partial charge on any atom is 0.263 e. The van der Waals surface area contributed by atoms with Gasteiger partial charge in [0.2, 0.25) is 9.84 Å². The molecule has 0 radical (unpaired) electrons. The molecule has 0 spiro atoms. The van der Waals surface area contributed by atoms with Crippen LogP contribution in [-0.4, -0.2) is 30.9 Å². The van der Waals surface area contributed by atoms with Crippen molar-refractivity contribution in [2.45, 2.75) is 14.7 Å². The van der Waals surface area contributed by atoms with E-state index in [1.807, 2.05) is 31.1 Å². The quantitative estimate of drug-likeness (QED) is 0.409. The van der Waals surface area contributed by atoms with E-state index in [9.17, 15) is 16.8 Å². The highest BCUT2D eigenvalue weighted by molar-refractivity contribution is 8.14. The molecule has 0 aromatic heterocycles. The van der Waals surface area contributed by atoms with Crippen molar-refractivity contribution in [1.82, 2.24) is 0 Å². The first kappa shape index (κ1) is 20.7. The second-order valence-electron chi connectivity index (χ2n) is 7.08. The minimum absolute atomic E-state index is 0.0327. The third-order valence-electron chi connectivity index (χ3n) is 5.01. The fourth-order valence-corrected chi connectivity index (χ4v) is 7.31. The van der Waals surface area contributed by atoms with Gasteiger partial charge in [0.1, 0.15) is 4.90 Å². The maximum absolute atomic E-state index is 13.6. The lowest BCUT2D eigenvalue weighted by atomic mass is 10.1. The average molecular weight is 460 g/mol. The Morgan fingerprint density at radius 1 is 0.667 bits per heavy atom. The zero-order valence-electron chi connectivity index (χ0n) is 16.2. The van der Waals surface area contributed by atoms with E-state index in [-0.39, 0.29) is 15.2 Å². The number of hydrogen-bond donors (Lipinski definition) is 0. The van der Waals surface area contributed by atoms with E-state index in [2.05, 4.69) is 0 Å². The molecule has 0 aliphatic heterocycles. The standard InChI is InChI=1S/C22H18ClNO4S2/c1-24(2)19-11-6-10-18-17(19)13-14-21(22(18)30(23,27)28)29(25,26)20-12-5-8-15-7-3-4-9-16(15)20/h3-14H,1-2H3. The summed E-state index contributed by atoms with van der Waals surface area (Å²) in [6, 6.07) is 20.0. The second-order valence-corrected chi connectivity index (χ2v) is 11.5. The summed E-state index contributed by atoms with van der Waals surface area (Å²) in [4.78, 5) is 1.12. The van der Waals surface area contributed by atoms with E-state index in [4.69, 9.17) is 10.7 Å². The molecule has 30 heavy (non-hydrogen) atoms.